The average Bonchev–Trinajstić information content (AvgIpc) is 1.59. The summed E-state index contributed by atoms with van der Waals surface area (Å²) in [7, 11) is -3.19. The summed E-state index contributed by atoms with van der Waals surface area (Å²) in [5, 5.41) is 4.69. The molecule has 0 atom stereocenters. The Labute approximate surface area is 98.9 Å². The molecule has 1 radical (unpaired) electrons. The van der Waals surface area contributed by atoms with Gasteiger partial charge in [0, 0.05) is 51.4 Å². The van der Waals surface area contributed by atoms with Crippen LogP contribution >= 0.6 is 0 Å². The number of unbranched alkanes of at least 4 members (excludes halogenated alkanes) is 1. The van der Waals surface area contributed by atoms with Gasteiger partial charge in [-0.3, -0.25) is 0 Å². The Kier molecular flexibility index (Phi) is 9.17. The third kappa shape index (κ3) is 12.7. The molecule has 0 aromatic carbocycles. The minimum Gasteiger partial charge on any atom is -0.229 e. The van der Waals surface area contributed by atoms with Gasteiger partial charge >= 0.3 is 0 Å². The zero-order chi connectivity index (χ0) is 6.62. The molecule has 0 spiro atoms. The minimum atomic E-state index is -3.19. The summed E-state index contributed by atoms with van der Waals surface area (Å²) in [6.07, 6.45) is 1.54. The van der Waals surface area contributed by atoms with Gasteiger partial charge in [0.1, 0.15) is 0 Å². The van der Waals surface area contributed by atoms with Crippen LogP contribution in [0.1, 0.15) is 19.8 Å². The van der Waals surface area contributed by atoms with Crippen LogP contribution in [0.4, 0.5) is 0 Å². The predicted octanol–water partition coefficient (Wildman–Crippen LogP) is -0.306. The van der Waals surface area contributed by atoms with Crippen LogP contribution in [0.2, 0.25) is 0 Å². The fourth-order valence-electron chi connectivity index (χ4n) is 0.346. The van der Waals surface area contributed by atoms with E-state index in [0.29, 0.717) is 6.42 Å². The summed E-state index contributed by atoms with van der Waals surface area (Å²) in [5.74, 6) is 0.115. The topological polar surface area (TPSA) is 60.2 Å². The molecule has 0 aliphatic carbocycles. The number of hydrogen-bond donors (Lipinski definition) is 1. The maximum Gasteiger partial charge on any atom is 0.209 e. The SMILES string of the molecule is CCCCS(N)(=O)=O.[K]. The van der Waals surface area contributed by atoms with E-state index in [4.69, 9.17) is 5.14 Å². The number of hydrogen-bond acceptors (Lipinski definition) is 2. The molecule has 9 heavy (non-hydrogen) atoms. The third-order valence-electron chi connectivity index (χ3n) is 0.782. The summed E-state index contributed by atoms with van der Waals surface area (Å²) >= 11 is 0. The molecular weight excluding hydrogens is 165 g/mol. The van der Waals surface area contributed by atoms with E-state index in [1.54, 1.807) is 0 Å². The van der Waals surface area contributed by atoms with Crippen molar-refractivity contribution in [3.63, 3.8) is 0 Å². The molecular formula is C4H11KNO2S. The van der Waals surface area contributed by atoms with Crippen LogP contribution in [0.5, 0.6) is 0 Å². The van der Waals surface area contributed by atoms with Gasteiger partial charge in [-0.15, -0.1) is 0 Å². The first-order valence-corrected chi connectivity index (χ1v) is 4.28. The van der Waals surface area contributed by atoms with Crippen molar-refractivity contribution in [3.8, 4) is 0 Å². The Morgan fingerprint density at radius 2 is 1.89 bits per heavy atom. The van der Waals surface area contributed by atoms with Crippen molar-refractivity contribution in [2.24, 2.45) is 5.14 Å². The molecule has 0 rings (SSSR count). The number of nitrogens with two attached hydrogens (primary N) is 1. The van der Waals surface area contributed by atoms with E-state index in [1.165, 1.54) is 0 Å². The van der Waals surface area contributed by atoms with E-state index < -0.39 is 10.0 Å². The summed E-state index contributed by atoms with van der Waals surface area (Å²) in [6.45, 7) is 1.92. The second-order valence-electron chi connectivity index (χ2n) is 1.72. The molecule has 0 saturated carbocycles. The van der Waals surface area contributed by atoms with E-state index in [-0.39, 0.29) is 57.1 Å². The molecule has 0 saturated heterocycles. The van der Waals surface area contributed by atoms with Gasteiger partial charge in [-0.2, -0.15) is 0 Å². The minimum absolute atomic E-state index is 0. The molecule has 2 N–H and O–H groups in total. The van der Waals surface area contributed by atoms with Gasteiger partial charge in [0.2, 0.25) is 10.0 Å². The van der Waals surface area contributed by atoms with Crippen LogP contribution in [0.3, 0.4) is 0 Å². The Bertz CT molecular complexity index is 143. The van der Waals surface area contributed by atoms with Crippen molar-refractivity contribution >= 4 is 61.4 Å². The number of sulfonamides is 1. The third-order valence-corrected chi connectivity index (χ3v) is 1.64. The van der Waals surface area contributed by atoms with Gasteiger partial charge in [0.25, 0.3) is 0 Å². The van der Waals surface area contributed by atoms with Gasteiger partial charge in [-0.25, -0.2) is 13.6 Å². The molecule has 51 valence electrons. The van der Waals surface area contributed by atoms with Crippen LogP contribution in [0.25, 0.3) is 0 Å². The largest absolute Gasteiger partial charge is 0.229 e. The van der Waals surface area contributed by atoms with Crippen LogP contribution in [0, 0.1) is 0 Å². The summed E-state index contributed by atoms with van der Waals surface area (Å²) in [4.78, 5) is 0. The van der Waals surface area contributed by atoms with Crippen molar-refractivity contribution < 1.29 is 8.42 Å². The first kappa shape index (κ1) is 13.2. The van der Waals surface area contributed by atoms with Gasteiger partial charge in [-0.05, 0) is 6.42 Å². The van der Waals surface area contributed by atoms with E-state index >= 15 is 0 Å². The molecule has 0 aliphatic rings. The average molecular weight is 176 g/mol. The van der Waals surface area contributed by atoms with Crippen molar-refractivity contribution in [2.75, 3.05) is 5.75 Å². The Morgan fingerprint density at radius 1 is 1.44 bits per heavy atom. The Hall–Kier alpha value is 1.55. The maximum atomic E-state index is 10.2. The fraction of sp³-hybridized carbons (Fsp3) is 1.00. The van der Waals surface area contributed by atoms with Gasteiger partial charge < -0.3 is 0 Å². The fourth-order valence-corrected chi connectivity index (χ4v) is 1.04. The van der Waals surface area contributed by atoms with E-state index in [9.17, 15) is 8.42 Å². The van der Waals surface area contributed by atoms with E-state index in [2.05, 4.69) is 0 Å². The summed E-state index contributed by atoms with van der Waals surface area (Å²) < 4.78 is 20.3. The molecule has 0 aromatic heterocycles. The number of primary sulfonamides is 1. The second-order valence-corrected chi connectivity index (χ2v) is 3.45. The normalized spacial score (nSPS) is 10.4. The standard InChI is InChI=1S/C4H11NO2S.K/c1-2-3-4-8(5,6)7;/h2-4H2,1H3,(H2,5,6,7);. The van der Waals surface area contributed by atoms with Crippen molar-refractivity contribution in [1.29, 1.82) is 0 Å². The molecule has 0 unspecified atom stereocenters. The molecule has 0 heterocycles. The first-order chi connectivity index (χ1) is 3.56. The van der Waals surface area contributed by atoms with Gasteiger partial charge in [0.15, 0.2) is 0 Å². The Balaban J connectivity index is 0. The first-order valence-electron chi connectivity index (χ1n) is 2.56. The smallest absolute Gasteiger partial charge is 0.209 e. The maximum absolute atomic E-state index is 10.2. The van der Waals surface area contributed by atoms with Crippen LogP contribution < -0.4 is 5.14 Å². The van der Waals surface area contributed by atoms with Gasteiger partial charge in [-0.1, -0.05) is 13.3 Å². The van der Waals surface area contributed by atoms with Crippen LogP contribution in [-0.2, 0) is 10.0 Å². The number of rotatable bonds is 3. The van der Waals surface area contributed by atoms with E-state index in [1.807, 2.05) is 6.92 Å². The van der Waals surface area contributed by atoms with Crippen molar-refractivity contribution in [1.82, 2.24) is 0 Å². The second kappa shape index (κ2) is 6.27. The monoisotopic (exact) mass is 176 g/mol. The molecule has 0 amide bonds. The zero-order valence-corrected chi connectivity index (χ0v) is 9.86. The predicted molar refractivity (Wildman–Crippen MR) is 38.6 cm³/mol. The Morgan fingerprint density at radius 3 is 2.00 bits per heavy atom. The van der Waals surface area contributed by atoms with Crippen molar-refractivity contribution in [2.45, 2.75) is 19.8 Å². The molecule has 0 aliphatic heterocycles. The molecule has 0 aromatic rings. The summed E-state index contributed by atoms with van der Waals surface area (Å²) in [5.41, 5.74) is 0. The molecule has 5 heteroatoms. The quantitative estimate of drug-likeness (QED) is 0.600. The molecule has 3 nitrogen and oxygen atoms in total. The van der Waals surface area contributed by atoms with Crippen LogP contribution in [-0.4, -0.2) is 65.6 Å². The van der Waals surface area contributed by atoms with Gasteiger partial charge in [0.05, 0.1) is 5.75 Å². The molecule has 0 bridgehead atoms. The van der Waals surface area contributed by atoms with Crippen LogP contribution in [0.15, 0.2) is 0 Å². The molecule has 0 fully saturated rings. The zero-order valence-electron chi connectivity index (χ0n) is 5.92. The summed E-state index contributed by atoms with van der Waals surface area (Å²) in [6, 6.07) is 0. The van der Waals surface area contributed by atoms with E-state index in [0.717, 1.165) is 6.42 Å². The van der Waals surface area contributed by atoms with Crippen molar-refractivity contribution in [3.05, 3.63) is 0 Å².